The highest BCUT2D eigenvalue weighted by atomic mass is 16.4. The van der Waals surface area contributed by atoms with Gasteiger partial charge in [-0.25, -0.2) is 4.79 Å². The van der Waals surface area contributed by atoms with E-state index in [2.05, 4.69) is 20.9 Å². The number of hydrogen-bond donors (Lipinski definition) is 9. The van der Waals surface area contributed by atoms with Crippen LogP contribution in [0, 0.1) is 5.92 Å². The van der Waals surface area contributed by atoms with Crippen LogP contribution in [0.4, 0.5) is 0 Å². The maximum absolute atomic E-state index is 12.9. The third-order valence-corrected chi connectivity index (χ3v) is 4.89. The number of nitrogens with two attached hydrogens (primary N) is 5. The average molecular weight is 516 g/mol. The quantitative estimate of drug-likeness (QED) is 0.0509. The number of amides is 5. The van der Waals surface area contributed by atoms with Crippen LogP contribution in [0.25, 0.3) is 0 Å². The molecule has 0 bridgehead atoms. The molecule has 0 rings (SSSR count). The molecule has 0 aliphatic rings. The van der Waals surface area contributed by atoms with E-state index >= 15 is 0 Å². The Morgan fingerprint density at radius 3 is 1.83 bits per heavy atom. The van der Waals surface area contributed by atoms with Crippen LogP contribution >= 0.6 is 0 Å². The van der Waals surface area contributed by atoms with Crippen molar-refractivity contribution >= 4 is 41.5 Å². The molecule has 16 heteroatoms. The molecule has 0 saturated heterocycles. The topological polar surface area (TPSA) is 301 Å². The number of aliphatic imine (C=N–C) groups is 1. The molecule has 0 aromatic heterocycles. The second-order valence-corrected chi connectivity index (χ2v) is 8.42. The number of nitrogens with one attached hydrogen (secondary N) is 3. The fraction of sp³-hybridized carbons (Fsp3) is 0.650. The number of carbonyl (C=O) groups excluding carboxylic acids is 5. The molecular formula is C20H37N9O7. The summed E-state index contributed by atoms with van der Waals surface area (Å²) in [6.07, 6.45) is -0.686. The minimum atomic E-state index is -1.50. The summed E-state index contributed by atoms with van der Waals surface area (Å²) in [5, 5.41) is 16.4. The van der Waals surface area contributed by atoms with E-state index in [0.717, 1.165) is 0 Å². The monoisotopic (exact) mass is 515 g/mol. The first-order valence-electron chi connectivity index (χ1n) is 11.2. The second kappa shape index (κ2) is 15.9. The number of aliphatic carboxylic acids is 1. The molecular weight excluding hydrogens is 478 g/mol. The molecule has 36 heavy (non-hydrogen) atoms. The van der Waals surface area contributed by atoms with E-state index in [1.54, 1.807) is 13.8 Å². The number of primary amides is 2. The van der Waals surface area contributed by atoms with Gasteiger partial charge in [0.1, 0.15) is 18.1 Å². The lowest BCUT2D eigenvalue weighted by Gasteiger charge is -2.25. The molecule has 0 aliphatic heterocycles. The predicted molar refractivity (Wildman–Crippen MR) is 128 cm³/mol. The molecule has 0 aliphatic carbocycles. The first-order chi connectivity index (χ1) is 16.6. The molecule has 0 saturated carbocycles. The Balaban J connectivity index is 5.62. The molecule has 4 unspecified atom stereocenters. The molecule has 16 nitrogen and oxygen atoms in total. The van der Waals surface area contributed by atoms with Crippen molar-refractivity contribution in [2.75, 3.05) is 6.54 Å². The van der Waals surface area contributed by atoms with E-state index in [1.165, 1.54) is 0 Å². The average Bonchev–Trinajstić information content (AvgIpc) is 2.75. The molecule has 0 radical (unpaired) electrons. The third kappa shape index (κ3) is 13.1. The number of carboxylic acids is 1. The summed E-state index contributed by atoms with van der Waals surface area (Å²) < 4.78 is 0. The van der Waals surface area contributed by atoms with Crippen molar-refractivity contribution in [3.63, 3.8) is 0 Å². The van der Waals surface area contributed by atoms with Gasteiger partial charge in [0.05, 0.1) is 12.5 Å². The molecule has 0 aromatic rings. The summed E-state index contributed by atoms with van der Waals surface area (Å²) in [6.45, 7) is 3.29. The Hall–Kier alpha value is -3.95. The lowest BCUT2D eigenvalue weighted by atomic mass is 10.0. The summed E-state index contributed by atoms with van der Waals surface area (Å²) in [4.78, 5) is 75.7. The van der Waals surface area contributed by atoms with E-state index in [0.29, 0.717) is 0 Å². The zero-order valence-corrected chi connectivity index (χ0v) is 20.4. The van der Waals surface area contributed by atoms with Crippen molar-refractivity contribution in [3.8, 4) is 0 Å². The number of rotatable bonds is 17. The van der Waals surface area contributed by atoms with Crippen LogP contribution in [-0.2, 0) is 28.8 Å². The normalized spacial score (nSPS) is 14.0. The number of guanidine groups is 1. The Bertz CT molecular complexity index is 843. The van der Waals surface area contributed by atoms with Gasteiger partial charge in [-0.05, 0) is 25.2 Å². The van der Waals surface area contributed by atoms with Crippen LogP contribution in [0.3, 0.4) is 0 Å². The Morgan fingerprint density at radius 1 is 0.806 bits per heavy atom. The standard InChI is InChI=1S/C20H37N9O7/c1-9(2)15(19(35)36)29-17(33)11(4-3-7-26-20(24)25)27-18(34)12(8-14(23)31)28-16(32)10(21)5-6-13(22)30/h9-12,15H,3-8,21H2,1-2H3,(H2,22,30)(H2,23,31)(H,27,34)(H,28,32)(H,29,33)(H,35,36)(H4,24,25,26). The largest absolute Gasteiger partial charge is 0.480 e. The third-order valence-electron chi connectivity index (χ3n) is 4.89. The van der Waals surface area contributed by atoms with E-state index in [9.17, 15) is 33.9 Å². The number of carbonyl (C=O) groups is 6. The SMILES string of the molecule is CC(C)C(NC(=O)C(CCCN=C(N)N)NC(=O)C(CC(N)=O)NC(=O)C(N)CCC(N)=O)C(=O)O. The fourth-order valence-corrected chi connectivity index (χ4v) is 2.93. The van der Waals surface area contributed by atoms with Gasteiger partial charge in [-0.1, -0.05) is 13.8 Å². The van der Waals surface area contributed by atoms with Gasteiger partial charge < -0.3 is 49.7 Å². The van der Waals surface area contributed by atoms with Gasteiger partial charge in [0.2, 0.25) is 29.5 Å². The molecule has 0 spiro atoms. The van der Waals surface area contributed by atoms with Crippen molar-refractivity contribution in [2.24, 2.45) is 39.6 Å². The van der Waals surface area contributed by atoms with Gasteiger partial charge in [0.25, 0.3) is 0 Å². The highest BCUT2D eigenvalue weighted by molar-refractivity contribution is 5.96. The molecule has 204 valence electrons. The maximum atomic E-state index is 12.9. The van der Waals surface area contributed by atoms with Gasteiger partial charge in [-0.15, -0.1) is 0 Å². The molecule has 14 N–H and O–H groups in total. The van der Waals surface area contributed by atoms with Crippen molar-refractivity contribution in [1.82, 2.24) is 16.0 Å². The number of carboxylic acid groups (broad SMARTS) is 1. The molecule has 0 heterocycles. The Kier molecular flexibility index (Phi) is 14.1. The first-order valence-corrected chi connectivity index (χ1v) is 11.2. The van der Waals surface area contributed by atoms with Crippen LogP contribution in [-0.4, -0.2) is 77.3 Å². The van der Waals surface area contributed by atoms with Crippen LogP contribution in [0.2, 0.25) is 0 Å². The number of hydrogen-bond acceptors (Lipinski definition) is 8. The smallest absolute Gasteiger partial charge is 0.326 e. The van der Waals surface area contributed by atoms with E-state index in [1.807, 2.05) is 0 Å². The van der Waals surface area contributed by atoms with Crippen LogP contribution in [0.5, 0.6) is 0 Å². The Morgan fingerprint density at radius 2 is 1.36 bits per heavy atom. The van der Waals surface area contributed by atoms with Crippen LogP contribution in [0.1, 0.15) is 46.0 Å². The van der Waals surface area contributed by atoms with Gasteiger partial charge in [0, 0.05) is 13.0 Å². The van der Waals surface area contributed by atoms with Gasteiger partial charge in [0.15, 0.2) is 5.96 Å². The highest BCUT2D eigenvalue weighted by Crippen LogP contribution is 2.06. The van der Waals surface area contributed by atoms with E-state index in [4.69, 9.17) is 28.7 Å². The van der Waals surface area contributed by atoms with Gasteiger partial charge in [-0.2, -0.15) is 0 Å². The summed E-state index contributed by atoms with van der Waals surface area (Å²) in [7, 11) is 0. The summed E-state index contributed by atoms with van der Waals surface area (Å²) >= 11 is 0. The summed E-state index contributed by atoms with van der Waals surface area (Å²) in [6, 6.07) is -5.20. The molecule has 5 amide bonds. The lowest BCUT2D eigenvalue weighted by Crippen LogP contribution is -2.58. The van der Waals surface area contributed by atoms with Crippen LogP contribution in [0.15, 0.2) is 4.99 Å². The van der Waals surface area contributed by atoms with Crippen molar-refractivity contribution in [1.29, 1.82) is 0 Å². The molecule has 0 aromatic carbocycles. The minimum Gasteiger partial charge on any atom is -0.480 e. The first kappa shape index (κ1) is 32.0. The molecule has 0 fully saturated rings. The fourth-order valence-electron chi connectivity index (χ4n) is 2.93. The molecule has 4 atom stereocenters. The minimum absolute atomic E-state index is 0.00580. The van der Waals surface area contributed by atoms with Crippen LogP contribution < -0.4 is 44.6 Å². The van der Waals surface area contributed by atoms with Crippen molar-refractivity contribution in [2.45, 2.75) is 70.1 Å². The van der Waals surface area contributed by atoms with Gasteiger partial charge >= 0.3 is 5.97 Å². The second-order valence-electron chi connectivity index (χ2n) is 8.42. The van der Waals surface area contributed by atoms with E-state index < -0.39 is 72.0 Å². The van der Waals surface area contributed by atoms with Crippen molar-refractivity contribution in [3.05, 3.63) is 0 Å². The number of nitrogens with zero attached hydrogens (tertiary/aromatic N) is 1. The zero-order valence-electron chi connectivity index (χ0n) is 20.4. The summed E-state index contributed by atoms with van der Waals surface area (Å²) in [5.74, 6) is -6.12. The van der Waals surface area contributed by atoms with E-state index in [-0.39, 0.29) is 38.2 Å². The maximum Gasteiger partial charge on any atom is 0.326 e. The lowest BCUT2D eigenvalue weighted by molar-refractivity contribution is -0.143. The highest BCUT2D eigenvalue weighted by Gasteiger charge is 2.31. The zero-order chi connectivity index (χ0) is 28.0. The Labute approximate surface area is 208 Å². The predicted octanol–water partition coefficient (Wildman–Crippen LogP) is -4.30. The summed E-state index contributed by atoms with van der Waals surface area (Å²) in [5.41, 5.74) is 26.4. The van der Waals surface area contributed by atoms with Gasteiger partial charge in [-0.3, -0.25) is 29.0 Å². The van der Waals surface area contributed by atoms with Crippen molar-refractivity contribution < 1.29 is 33.9 Å².